The lowest BCUT2D eigenvalue weighted by Gasteiger charge is -2.30. The van der Waals surface area contributed by atoms with E-state index < -0.39 is 0 Å². The van der Waals surface area contributed by atoms with Crippen molar-refractivity contribution < 1.29 is 9.59 Å². The van der Waals surface area contributed by atoms with Gasteiger partial charge in [-0.15, -0.1) is 0 Å². The number of fused-ring (bicyclic) bond motifs is 1. The fraction of sp³-hybridized carbons (Fsp3) is 0.278. The molecule has 1 unspecified atom stereocenters. The molecule has 1 aliphatic rings. The quantitative estimate of drug-likeness (QED) is 0.901. The molecule has 1 aromatic carbocycles. The van der Waals surface area contributed by atoms with Gasteiger partial charge in [-0.1, -0.05) is 12.1 Å². The summed E-state index contributed by atoms with van der Waals surface area (Å²) in [4.78, 5) is 36.4. The third-order valence-corrected chi connectivity index (χ3v) is 4.15. The Morgan fingerprint density at radius 1 is 1.38 bits per heavy atom. The lowest BCUT2D eigenvalue weighted by atomic mass is 10.1. The molecule has 0 aliphatic carbocycles. The van der Waals surface area contributed by atoms with Gasteiger partial charge in [-0.25, -0.2) is 9.97 Å². The monoisotopic (exact) mass is 350 g/mol. The van der Waals surface area contributed by atoms with E-state index in [0.717, 1.165) is 0 Å². The standard InChI is InChI=1S/C18H18N6O2/c1-12-9-16(25)22-13-5-3-4-6-15(13)24(12)17(26)11-23(2)18-14(10-19)20-7-8-21-18/h3-8,12H,9,11H2,1-2H3,(H,22,25). The molecule has 2 aromatic rings. The number of carbonyl (C=O) groups excluding carboxylic acids is 2. The van der Waals surface area contributed by atoms with E-state index in [4.69, 9.17) is 5.26 Å². The zero-order chi connectivity index (χ0) is 18.7. The van der Waals surface area contributed by atoms with Gasteiger partial charge in [0.25, 0.3) is 0 Å². The van der Waals surface area contributed by atoms with E-state index in [2.05, 4.69) is 15.3 Å². The molecule has 1 aromatic heterocycles. The van der Waals surface area contributed by atoms with E-state index >= 15 is 0 Å². The van der Waals surface area contributed by atoms with Crippen molar-refractivity contribution in [2.45, 2.75) is 19.4 Å². The van der Waals surface area contributed by atoms with Gasteiger partial charge in [-0.2, -0.15) is 5.26 Å². The second-order valence-electron chi connectivity index (χ2n) is 6.08. The molecule has 8 nitrogen and oxygen atoms in total. The molecule has 26 heavy (non-hydrogen) atoms. The molecular weight excluding hydrogens is 332 g/mol. The molecule has 132 valence electrons. The summed E-state index contributed by atoms with van der Waals surface area (Å²) in [5.41, 5.74) is 1.42. The summed E-state index contributed by atoms with van der Waals surface area (Å²) in [5.74, 6) is 0.0149. The molecule has 1 atom stereocenters. The van der Waals surface area contributed by atoms with Gasteiger partial charge in [0.2, 0.25) is 11.8 Å². The number of carbonyl (C=O) groups is 2. The van der Waals surface area contributed by atoms with Crippen LogP contribution in [-0.2, 0) is 9.59 Å². The van der Waals surface area contributed by atoms with Crippen LogP contribution in [0.1, 0.15) is 19.0 Å². The molecule has 3 rings (SSSR count). The van der Waals surface area contributed by atoms with Gasteiger partial charge >= 0.3 is 0 Å². The van der Waals surface area contributed by atoms with Crippen molar-refractivity contribution in [1.29, 1.82) is 5.26 Å². The average molecular weight is 350 g/mol. The van der Waals surface area contributed by atoms with E-state index in [1.165, 1.54) is 12.4 Å². The number of hydrogen-bond acceptors (Lipinski definition) is 6. The van der Waals surface area contributed by atoms with Gasteiger partial charge in [0.05, 0.1) is 17.9 Å². The van der Waals surface area contributed by atoms with Crippen molar-refractivity contribution >= 4 is 29.0 Å². The first-order valence-corrected chi connectivity index (χ1v) is 8.14. The Morgan fingerprint density at radius 2 is 2.12 bits per heavy atom. The first kappa shape index (κ1) is 17.4. The Labute approximate surface area is 151 Å². The minimum atomic E-state index is -0.295. The lowest BCUT2D eigenvalue weighted by Crippen LogP contribution is -2.44. The summed E-state index contributed by atoms with van der Waals surface area (Å²) in [6, 6.07) is 8.88. The molecule has 8 heteroatoms. The number of para-hydroxylation sites is 2. The fourth-order valence-electron chi connectivity index (χ4n) is 3.01. The number of hydrogen-bond donors (Lipinski definition) is 1. The summed E-state index contributed by atoms with van der Waals surface area (Å²) in [7, 11) is 1.68. The van der Waals surface area contributed by atoms with Gasteiger partial charge in [0.1, 0.15) is 6.07 Å². The summed E-state index contributed by atoms with van der Waals surface area (Å²) in [6.07, 6.45) is 3.12. The van der Waals surface area contributed by atoms with Gasteiger partial charge in [0, 0.05) is 31.9 Å². The molecule has 2 heterocycles. The molecule has 0 fully saturated rings. The maximum absolute atomic E-state index is 13.0. The highest BCUT2D eigenvalue weighted by Crippen LogP contribution is 2.31. The molecule has 2 amide bonds. The molecule has 0 radical (unpaired) electrons. The first-order valence-electron chi connectivity index (χ1n) is 8.14. The third kappa shape index (κ3) is 3.32. The molecule has 0 bridgehead atoms. The van der Waals surface area contributed by atoms with Crippen LogP contribution in [0.5, 0.6) is 0 Å². The number of anilines is 3. The van der Waals surface area contributed by atoms with Crippen LogP contribution >= 0.6 is 0 Å². The van der Waals surface area contributed by atoms with E-state index in [0.29, 0.717) is 17.2 Å². The Morgan fingerprint density at radius 3 is 2.88 bits per heavy atom. The summed E-state index contributed by atoms with van der Waals surface area (Å²) in [5, 5.41) is 12.0. The second-order valence-corrected chi connectivity index (χ2v) is 6.08. The Kier molecular flexibility index (Phi) is 4.80. The van der Waals surface area contributed by atoms with Gasteiger partial charge < -0.3 is 15.1 Å². The van der Waals surface area contributed by atoms with Crippen LogP contribution in [0.3, 0.4) is 0 Å². The van der Waals surface area contributed by atoms with Crippen molar-refractivity contribution in [2.75, 3.05) is 28.7 Å². The summed E-state index contributed by atoms with van der Waals surface area (Å²) in [6.45, 7) is 1.84. The number of aromatic nitrogens is 2. The van der Waals surface area contributed by atoms with Crippen molar-refractivity contribution in [3.05, 3.63) is 42.4 Å². The van der Waals surface area contributed by atoms with Crippen LogP contribution in [0.4, 0.5) is 17.2 Å². The Hall–Kier alpha value is -3.47. The zero-order valence-electron chi connectivity index (χ0n) is 14.5. The maximum atomic E-state index is 13.0. The first-order chi connectivity index (χ1) is 12.5. The van der Waals surface area contributed by atoms with Crippen LogP contribution in [-0.4, -0.2) is 41.4 Å². The average Bonchev–Trinajstić information content (AvgIpc) is 2.75. The highest BCUT2D eigenvalue weighted by atomic mass is 16.2. The number of likely N-dealkylation sites (N-methyl/N-ethyl adjacent to an activating group) is 1. The van der Waals surface area contributed by atoms with Crippen molar-refractivity contribution in [3.8, 4) is 6.07 Å². The van der Waals surface area contributed by atoms with E-state index in [1.54, 1.807) is 29.0 Å². The number of benzene rings is 1. The second kappa shape index (κ2) is 7.19. The topological polar surface area (TPSA) is 102 Å². The number of amides is 2. The van der Waals surface area contributed by atoms with Gasteiger partial charge in [-0.3, -0.25) is 9.59 Å². The van der Waals surface area contributed by atoms with Crippen LogP contribution in [0, 0.1) is 11.3 Å². The van der Waals surface area contributed by atoms with Crippen molar-refractivity contribution in [3.63, 3.8) is 0 Å². The number of nitrogens with zero attached hydrogens (tertiary/aromatic N) is 5. The largest absolute Gasteiger partial charge is 0.348 e. The van der Waals surface area contributed by atoms with Gasteiger partial charge in [-0.05, 0) is 19.1 Å². The van der Waals surface area contributed by atoms with E-state index in [1.807, 2.05) is 25.1 Å². The zero-order valence-corrected chi connectivity index (χ0v) is 14.5. The number of nitrogens with one attached hydrogen (secondary N) is 1. The fourth-order valence-corrected chi connectivity index (χ4v) is 3.01. The molecule has 0 saturated carbocycles. The van der Waals surface area contributed by atoms with Crippen molar-refractivity contribution in [2.24, 2.45) is 0 Å². The minimum absolute atomic E-state index is 0.000236. The minimum Gasteiger partial charge on any atom is -0.348 e. The van der Waals surface area contributed by atoms with Crippen LogP contribution in [0.15, 0.2) is 36.7 Å². The van der Waals surface area contributed by atoms with Crippen LogP contribution in [0.2, 0.25) is 0 Å². The third-order valence-electron chi connectivity index (χ3n) is 4.15. The molecular formula is C18H18N6O2. The number of rotatable bonds is 3. The van der Waals surface area contributed by atoms with Crippen LogP contribution in [0.25, 0.3) is 0 Å². The van der Waals surface area contributed by atoms with Crippen LogP contribution < -0.4 is 15.1 Å². The normalized spacial score (nSPS) is 16.1. The van der Waals surface area contributed by atoms with Crippen molar-refractivity contribution in [1.82, 2.24) is 9.97 Å². The van der Waals surface area contributed by atoms with Gasteiger partial charge in [0.15, 0.2) is 11.5 Å². The smallest absolute Gasteiger partial charge is 0.246 e. The molecule has 1 aliphatic heterocycles. The van der Waals surface area contributed by atoms with E-state index in [-0.39, 0.29) is 36.5 Å². The Balaban J connectivity index is 1.89. The summed E-state index contributed by atoms with van der Waals surface area (Å²) >= 11 is 0. The SMILES string of the molecule is CC1CC(=O)Nc2ccccc2N1C(=O)CN(C)c1nccnc1C#N. The highest BCUT2D eigenvalue weighted by molar-refractivity contribution is 6.05. The summed E-state index contributed by atoms with van der Waals surface area (Å²) < 4.78 is 0. The maximum Gasteiger partial charge on any atom is 0.246 e. The predicted octanol–water partition coefficient (Wildman–Crippen LogP) is 1.55. The number of nitriles is 1. The predicted molar refractivity (Wildman–Crippen MR) is 96.7 cm³/mol. The lowest BCUT2D eigenvalue weighted by molar-refractivity contribution is -0.118. The molecule has 0 spiro atoms. The molecule has 0 saturated heterocycles. The van der Waals surface area contributed by atoms with E-state index in [9.17, 15) is 9.59 Å². The highest BCUT2D eigenvalue weighted by Gasteiger charge is 2.30. The molecule has 1 N–H and O–H groups in total. The Bertz CT molecular complexity index is 891.